The third-order valence-electron chi connectivity index (χ3n) is 2.86. The molecule has 0 aromatic heterocycles. The topological polar surface area (TPSA) is 0 Å². The molecule has 18 heavy (non-hydrogen) atoms. The van der Waals surface area contributed by atoms with E-state index in [2.05, 4.69) is 69.1 Å². The summed E-state index contributed by atoms with van der Waals surface area (Å²) in [7, 11) is 0. The van der Waals surface area contributed by atoms with E-state index < -0.39 is 0 Å². The van der Waals surface area contributed by atoms with Crippen molar-refractivity contribution in [2.45, 2.75) is 18.7 Å². The van der Waals surface area contributed by atoms with Crippen molar-refractivity contribution < 1.29 is 0 Å². The number of aryl methyl sites for hydroxylation is 1. The summed E-state index contributed by atoms with van der Waals surface area (Å²) in [6.07, 6.45) is 0.830. The number of halogens is 3. The maximum atomic E-state index is 6.48. The van der Waals surface area contributed by atoms with Gasteiger partial charge in [0.05, 0.1) is 5.38 Å². The molecule has 3 heteroatoms. The maximum absolute atomic E-state index is 6.48. The fourth-order valence-electron chi connectivity index (χ4n) is 1.79. The molecule has 2 aromatic carbocycles. The Morgan fingerprint density at radius 3 is 2.56 bits per heavy atom. The van der Waals surface area contributed by atoms with Gasteiger partial charge in [0, 0.05) is 8.95 Å². The second kappa shape index (κ2) is 6.23. The molecule has 0 spiro atoms. The fraction of sp³-hybridized carbons (Fsp3) is 0.200. The molecule has 0 fully saturated rings. The molecular weight excluding hydrogens is 375 g/mol. The van der Waals surface area contributed by atoms with Gasteiger partial charge < -0.3 is 0 Å². The first-order valence-corrected chi connectivity index (χ1v) is 7.73. The van der Waals surface area contributed by atoms with Crippen LogP contribution in [0.25, 0.3) is 0 Å². The number of hydrogen-bond acceptors (Lipinski definition) is 0. The molecule has 2 rings (SSSR count). The lowest BCUT2D eigenvalue weighted by atomic mass is 10.0. The lowest BCUT2D eigenvalue weighted by molar-refractivity contribution is 0.917. The van der Waals surface area contributed by atoms with Gasteiger partial charge in [0.1, 0.15) is 0 Å². The van der Waals surface area contributed by atoms with E-state index in [4.69, 9.17) is 11.6 Å². The van der Waals surface area contributed by atoms with Crippen molar-refractivity contribution in [3.05, 3.63) is 68.1 Å². The van der Waals surface area contributed by atoms with Gasteiger partial charge >= 0.3 is 0 Å². The molecule has 1 atom stereocenters. The lowest BCUT2D eigenvalue weighted by Gasteiger charge is -2.11. The minimum absolute atomic E-state index is 0.00352. The zero-order valence-corrected chi connectivity index (χ0v) is 13.9. The van der Waals surface area contributed by atoms with E-state index in [-0.39, 0.29) is 5.38 Å². The summed E-state index contributed by atoms with van der Waals surface area (Å²) in [5.41, 5.74) is 3.61. The Balaban J connectivity index is 2.16. The molecule has 0 heterocycles. The molecule has 94 valence electrons. The van der Waals surface area contributed by atoms with Gasteiger partial charge in [-0.3, -0.25) is 0 Å². The van der Waals surface area contributed by atoms with Gasteiger partial charge in [-0.1, -0.05) is 56.1 Å². The van der Waals surface area contributed by atoms with Gasteiger partial charge in [-0.25, -0.2) is 0 Å². The predicted molar refractivity (Wildman–Crippen MR) is 85.3 cm³/mol. The third kappa shape index (κ3) is 3.59. The second-order valence-corrected chi connectivity index (χ2v) is 6.61. The van der Waals surface area contributed by atoms with Crippen LogP contribution in [0.3, 0.4) is 0 Å². The van der Waals surface area contributed by atoms with Gasteiger partial charge in [0.15, 0.2) is 0 Å². The summed E-state index contributed by atoms with van der Waals surface area (Å²) in [4.78, 5) is 0. The Bertz CT molecular complexity index is 552. The van der Waals surface area contributed by atoms with Crippen molar-refractivity contribution >= 4 is 43.5 Å². The van der Waals surface area contributed by atoms with Crippen LogP contribution in [0.4, 0.5) is 0 Å². The van der Waals surface area contributed by atoms with E-state index in [1.165, 1.54) is 11.1 Å². The van der Waals surface area contributed by atoms with E-state index in [1.54, 1.807) is 0 Å². The first-order valence-electron chi connectivity index (χ1n) is 5.71. The Morgan fingerprint density at radius 1 is 1.11 bits per heavy atom. The quantitative estimate of drug-likeness (QED) is 0.562. The van der Waals surface area contributed by atoms with Crippen molar-refractivity contribution in [2.24, 2.45) is 0 Å². The third-order valence-corrected chi connectivity index (χ3v) is 4.62. The van der Waals surface area contributed by atoms with Crippen LogP contribution >= 0.6 is 43.5 Å². The van der Waals surface area contributed by atoms with Crippen molar-refractivity contribution in [3.8, 4) is 0 Å². The molecule has 1 unspecified atom stereocenters. The van der Waals surface area contributed by atoms with Crippen molar-refractivity contribution in [1.82, 2.24) is 0 Å². The van der Waals surface area contributed by atoms with Gasteiger partial charge in [0.25, 0.3) is 0 Å². The Hall–Kier alpha value is -0.310. The van der Waals surface area contributed by atoms with Crippen molar-refractivity contribution in [3.63, 3.8) is 0 Å². The van der Waals surface area contributed by atoms with Crippen LogP contribution in [0, 0.1) is 6.92 Å². The maximum Gasteiger partial charge on any atom is 0.0625 e. The summed E-state index contributed by atoms with van der Waals surface area (Å²) >= 11 is 13.5. The Kier molecular flexibility index (Phi) is 4.88. The van der Waals surface area contributed by atoms with Crippen LogP contribution < -0.4 is 0 Å². The SMILES string of the molecule is Cc1ccc(C(Cl)Cc2cccc(Br)c2)cc1Br. The highest BCUT2D eigenvalue weighted by molar-refractivity contribution is 9.10. The zero-order chi connectivity index (χ0) is 13.1. The van der Waals surface area contributed by atoms with Crippen LogP contribution in [0.5, 0.6) is 0 Å². The summed E-state index contributed by atoms with van der Waals surface area (Å²) in [5.74, 6) is 0. The molecule has 0 bridgehead atoms. The summed E-state index contributed by atoms with van der Waals surface area (Å²) < 4.78 is 2.20. The standard InChI is InChI=1S/C15H13Br2Cl/c1-10-5-6-12(9-14(10)17)15(18)8-11-3-2-4-13(16)7-11/h2-7,9,15H,8H2,1H3. The van der Waals surface area contributed by atoms with Gasteiger partial charge in [-0.15, -0.1) is 11.6 Å². The molecule has 0 aliphatic carbocycles. The van der Waals surface area contributed by atoms with Crippen molar-refractivity contribution in [1.29, 1.82) is 0 Å². The van der Waals surface area contributed by atoms with Crippen LogP contribution in [0.1, 0.15) is 22.1 Å². The Morgan fingerprint density at radius 2 is 1.89 bits per heavy atom. The van der Waals surface area contributed by atoms with Gasteiger partial charge in [-0.2, -0.15) is 0 Å². The van der Waals surface area contributed by atoms with Crippen molar-refractivity contribution in [2.75, 3.05) is 0 Å². The lowest BCUT2D eigenvalue weighted by Crippen LogP contribution is -1.96. The first kappa shape index (κ1) is 14.1. The molecule has 0 radical (unpaired) electrons. The van der Waals surface area contributed by atoms with Crippen LogP contribution in [-0.2, 0) is 6.42 Å². The number of rotatable bonds is 3. The molecule has 0 N–H and O–H groups in total. The van der Waals surface area contributed by atoms with E-state index in [1.807, 2.05) is 12.1 Å². The van der Waals surface area contributed by atoms with Crippen LogP contribution in [0.2, 0.25) is 0 Å². The molecular formula is C15H13Br2Cl. The molecule has 0 saturated carbocycles. The zero-order valence-electron chi connectivity index (χ0n) is 9.96. The highest BCUT2D eigenvalue weighted by Crippen LogP contribution is 2.29. The first-order chi connectivity index (χ1) is 8.56. The van der Waals surface area contributed by atoms with E-state index in [9.17, 15) is 0 Å². The summed E-state index contributed by atoms with van der Waals surface area (Å²) in [5, 5.41) is -0.00352. The molecule has 0 saturated heterocycles. The number of hydrogen-bond donors (Lipinski definition) is 0. The fourth-order valence-corrected chi connectivity index (χ4v) is 2.95. The molecule has 0 amide bonds. The molecule has 2 aromatic rings. The predicted octanol–water partition coefficient (Wildman–Crippen LogP) is 6.04. The second-order valence-electron chi connectivity index (χ2n) is 4.31. The number of alkyl halides is 1. The highest BCUT2D eigenvalue weighted by atomic mass is 79.9. The van der Waals surface area contributed by atoms with E-state index in [0.29, 0.717) is 0 Å². The van der Waals surface area contributed by atoms with Crippen LogP contribution in [-0.4, -0.2) is 0 Å². The largest absolute Gasteiger partial charge is 0.117 e. The highest BCUT2D eigenvalue weighted by Gasteiger charge is 2.10. The van der Waals surface area contributed by atoms with Crippen LogP contribution in [0.15, 0.2) is 51.4 Å². The summed E-state index contributed by atoms with van der Waals surface area (Å²) in [6, 6.07) is 14.6. The monoisotopic (exact) mass is 386 g/mol. The Labute approximate surface area is 130 Å². The molecule has 0 aliphatic heterocycles. The minimum atomic E-state index is -0.00352. The van der Waals surface area contributed by atoms with E-state index in [0.717, 1.165) is 20.9 Å². The molecule has 0 nitrogen and oxygen atoms in total. The van der Waals surface area contributed by atoms with E-state index >= 15 is 0 Å². The van der Waals surface area contributed by atoms with Gasteiger partial charge in [-0.05, 0) is 48.2 Å². The van der Waals surface area contributed by atoms with Gasteiger partial charge in [0.2, 0.25) is 0 Å². The number of benzene rings is 2. The average Bonchev–Trinajstić information content (AvgIpc) is 2.32. The minimum Gasteiger partial charge on any atom is -0.117 e. The summed E-state index contributed by atoms with van der Waals surface area (Å²) in [6.45, 7) is 2.07. The molecule has 0 aliphatic rings. The average molecular weight is 389 g/mol. The normalized spacial score (nSPS) is 12.4. The smallest absolute Gasteiger partial charge is 0.0625 e.